The molecule has 2 heterocycles. The van der Waals surface area contributed by atoms with Crippen molar-refractivity contribution >= 4 is 43.4 Å². The molecule has 2 aromatic heterocycles. The fraction of sp³-hybridized carbons (Fsp3) is 0.474. The standard InChI is InChI=1S/C19H22ClN3O4S/c1-11-16-18(22-27-11)17-14(20)7-4-8-15(17)23(19(16)24)13-6-3-5-12(9-13)10-21-28(2,25)26/h4,7-8,12-13,21H,3,5-6,9-10H2,1-2H3/t12-,13+/m0/s1. The molecule has 1 fully saturated rings. The van der Waals surface area contributed by atoms with Gasteiger partial charge in [0.15, 0.2) is 0 Å². The number of sulfonamides is 1. The van der Waals surface area contributed by atoms with E-state index in [1.54, 1.807) is 17.6 Å². The lowest BCUT2D eigenvalue weighted by molar-refractivity contribution is 0.268. The Morgan fingerprint density at radius 3 is 2.86 bits per heavy atom. The summed E-state index contributed by atoms with van der Waals surface area (Å²) in [5, 5.41) is 5.77. The number of nitrogens with one attached hydrogen (secondary N) is 1. The minimum atomic E-state index is -3.24. The van der Waals surface area contributed by atoms with Crippen molar-refractivity contribution in [3.05, 3.63) is 39.3 Å². The van der Waals surface area contributed by atoms with Crippen LogP contribution in [0.4, 0.5) is 0 Å². The SMILES string of the molecule is Cc1onc2c1c(=O)n([C@@H]1CCC[C@H](CNS(C)(=O)=O)C1)c1cccc(Cl)c21. The van der Waals surface area contributed by atoms with Gasteiger partial charge in [0, 0.05) is 18.0 Å². The molecule has 9 heteroatoms. The zero-order chi connectivity index (χ0) is 20.1. The maximum Gasteiger partial charge on any atom is 0.264 e. The number of fused-ring (bicyclic) bond motifs is 3. The lowest BCUT2D eigenvalue weighted by Crippen LogP contribution is -2.34. The maximum atomic E-state index is 13.4. The Balaban J connectivity index is 1.83. The van der Waals surface area contributed by atoms with E-state index in [0.717, 1.165) is 37.5 Å². The van der Waals surface area contributed by atoms with Gasteiger partial charge in [0.25, 0.3) is 5.56 Å². The number of hydrogen-bond donors (Lipinski definition) is 1. The highest BCUT2D eigenvalue weighted by atomic mass is 35.5. The van der Waals surface area contributed by atoms with Crippen molar-refractivity contribution in [2.45, 2.75) is 38.6 Å². The maximum absolute atomic E-state index is 13.4. The van der Waals surface area contributed by atoms with E-state index in [9.17, 15) is 13.2 Å². The van der Waals surface area contributed by atoms with E-state index >= 15 is 0 Å². The zero-order valence-electron chi connectivity index (χ0n) is 15.7. The van der Waals surface area contributed by atoms with E-state index in [1.165, 1.54) is 0 Å². The molecule has 1 aromatic carbocycles. The first kappa shape index (κ1) is 19.4. The minimum Gasteiger partial charge on any atom is -0.360 e. The lowest BCUT2D eigenvalue weighted by Gasteiger charge is -2.31. The summed E-state index contributed by atoms with van der Waals surface area (Å²) in [6.07, 6.45) is 4.60. The van der Waals surface area contributed by atoms with E-state index in [-0.39, 0.29) is 17.5 Å². The number of nitrogens with zero attached hydrogens (tertiary/aromatic N) is 2. The van der Waals surface area contributed by atoms with Gasteiger partial charge in [-0.1, -0.05) is 29.2 Å². The van der Waals surface area contributed by atoms with Gasteiger partial charge in [-0.3, -0.25) is 4.79 Å². The summed E-state index contributed by atoms with van der Waals surface area (Å²) in [6.45, 7) is 2.11. The van der Waals surface area contributed by atoms with Crippen LogP contribution in [-0.2, 0) is 10.0 Å². The Bertz CT molecular complexity index is 1220. The summed E-state index contributed by atoms with van der Waals surface area (Å²) in [6, 6.07) is 5.45. The van der Waals surface area contributed by atoms with E-state index in [1.807, 2.05) is 12.1 Å². The third-order valence-electron chi connectivity index (χ3n) is 5.54. The largest absolute Gasteiger partial charge is 0.360 e. The van der Waals surface area contributed by atoms with E-state index < -0.39 is 10.0 Å². The third kappa shape index (κ3) is 3.44. The summed E-state index contributed by atoms with van der Waals surface area (Å²) < 4.78 is 32.6. The quantitative estimate of drug-likeness (QED) is 0.694. The molecule has 3 aromatic rings. The van der Waals surface area contributed by atoms with Crippen molar-refractivity contribution < 1.29 is 12.9 Å². The highest BCUT2D eigenvalue weighted by Crippen LogP contribution is 2.36. The number of halogens is 1. The van der Waals surface area contributed by atoms with Gasteiger partial charge >= 0.3 is 0 Å². The Morgan fingerprint density at radius 1 is 1.32 bits per heavy atom. The van der Waals surface area contributed by atoms with Crippen LogP contribution in [0.15, 0.2) is 27.5 Å². The average molecular weight is 424 g/mol. The normalized spacial score (nSPS) is 20.8. The van der Waals surface area contributed by atoms with Crippen LogP contribution < -0.4 is 10.3 Å². The molecule has 1 aliphatic rings. The molecule has 0 amide bonds. The number of aromatic nitrogens is 2. The van der Waals surface area contributed by atoms with Gasteiger partial charge in [0.2, 0.25) is 10.0 Å². The summed E-state index contributed by atoms with van der Waals surface area (Å²) in [7, 11) is -3.24. The van der Waals surface area contributed by atoms with Crippen LogP contribution >= 0.6 is 11.6 Å². The molecule has 1 aliphatic carbocycles. The zero-order valence-corrected chi connectivity index (χ0v) is 17.3. The molecule has 7 nitrogen and oxygen atoms in total. The Hall–Kier alpha value is -1.90. The van der Waals surface area contributed by atoms with Crippen LogP contribution in [0, 0.1) is 12.8 Å². The fourth-order valence-electron chi connectivity index (χ4n) is 4.29. The van der Waals surface area contributed by atoms with E-state index in [2.05, 4.69) is 9.88 Å². The average Bonchev–Trinajstić information content (AvgIpc) is 3.02. The van der Waals surface area contributed by atoms with Gasteiger partial charge < -0.3 is 9.09 Å². The van der Waals surface area contributed by atoms with Crippen molar-refractivity contribution in [1.29, 1.82) is 0 Å². The molecule has 1 N–H and O–H groups in total. The highest BCUT2D eigenvalue weighted by Gasteiger charge is 2.28. The summed E-state index contributed by atoms with van der Waals surface area (Å²) >= 11 is 6.46. The first-order valence-electron chi connectivity index (χ1n) is 9.29. The molecule has 28 heavy (non-hydrogen) atoms. The number of aryl methyl sites for hydroxylation is 1. The van der Waals surface area contributed by atoms with Crippen molar-refractivity contribution in [1.82, 2.24) is 14.4 Å². The van der Waals surface area contributed by atoms with Gasteiger partial charge in [-0.25, -0.2) is 13.1 Å². The van der Waals surface area contributed by atoms with Crippen molar-refractivity contribution in [3.8, 4) is 0 Å². The predicted octanol–water partition coefficient (Wildman–Crippen LogP) is 3.39. The molecule has 2 atom stereocenters. The van der Waals surface area contributed by atoms with Crippen LogP contribution in [0.5, 0.6) is 0 Å². The van der Waals surface area contributed by atoms with Gasteiger partial charge in [-0.2, -0.15) is 0 Å². The second-order valence-corrected chi connectivity index (χ2v) is 9.82. The number of hydrogen-bond acceptors (Lipinski definition) is 5. The van der Waals surface area contributed by atoms with Crippen molar-refractivity contribution in [2.24, 2.45) is 5.92 Å². The number of benzene rings is 1. The third-order valence-corrected chi connectivity index (χ3v) is 6.54. The van der Waals surface area contributed by atoms with Gasteiger partial charge in [-0.05, 0) is 44.2 Å². The van der Waals surface area contributed by atoms with Gasteiger partial charge in [0.05, 0.1) is 16.8 Å². The topological polar surface area (TPSA) is 94.2 Å². The summed E-state index contributed by atoms with van der Waals surface area (Å²) in [5.74, 6) is 0.649. The molecule has 1 saturated carbocycles. The van der Waals surface area contributed by atoms with Crippen LogP contribution in [0.2, 0.25) is 5.02 Å². The molecular weight excluding hydrogens is 402 g/mol. The number of pyridine rings is 1. The molecule has 4 rings (SSSR count). The van der Waals surface area contributed by atoms with Crippen molar-refractivity contribution in [3.63, 3.8) is 0 Å². The summed E-state index contributed by atoms with van der Waals surface area (Å²) in [4.78, 5) is 13.4. The second kappa shape index (κ2) is 7.17. The molecule has 0 bridgehead atoms. The summed E-state index contributed by atoms with van der Waals surface area (Å²) in [5.41, 5.74) is 1.09. The van der Waals surface area contributed by atoms with Gasteiger partial charge in [0.1, 0.15) is 16.7 Å². The first-order valence-corrected chi connectivity index (χ1v) is 11.6. The van der Waals surface area contributed by atoms with E-state index in [4.69, 9.17) is 16.1 Å². The number of rotatable bonds is 4. The molecular formula is C19H22ClN3O4S. The molecule has 0 saturated heterocycles. The van der Waals surface area contributed by atoms with Crippen LogP contribution in [-0.4, -0.2) is 30.9 Å². The molecule has 0 unspecified atom stereocenters. The smallest absolute Gasteiger partial charge is 0.264 e. The highest BCUT2D eigenvalue weighted by molar-refractivity contribution is 7.88. The molecule has 0 spiro atoms. The van der Waals surface area contributed by atoms with Crippen LogP contribution in [0.1, 0.15) is 37.5 Å². The monoisotopic (exact) mass is 423 g/mol. The molecule has 0 radical (unpaired) electrons. The second-order valence-electron chi connectivity index (χ2n) is 7.58. The Kier molecular flexibility index (Phi) is 4.97. The predicted molar refractivity (Wildman–Crippen MR) is 109 cm³/mol. The Morgan fingerprint density at radius 2 is 2.11 bits per heavy atom. The van der Waals surface area contributed by atoms with Crippen LogP contribution in [0.25, 0.3) is 21.8 Å². The van der Waals surface area contributed by atoms with Crippen molar-refractivity contribution in [2.75, 3.05) is 12.8 Å². The molecule has 150 valence electrons. The lowest BCUT2D eigenvalue weighted by atomic mass is 9.85. The fourth-order valence-corrected chi connectivity index (χ4v) is 5.08. The van der Waals surface area contributed by atoms with Gasteiger partial charge in [-0.15, -0.1) is 0 Å². The van der Waals surface area contributed by atoms with E-state index in [0.29, 0.717) is 33.6 Å². The van der Waals surface area contributed by atoms with Crippen LogP contribution in [0.3, 0.4) is 0 Å². The minimum absolute atomic E-state index is 0.0349. The Labute approximate surface area is 167 Å². The molecule has 0 aliphatic heterocycles. The first-order chi connectivity index (χ1) is 13.3.